The lowest BCUT2D eigenvalue weighted by Gasteiger charge is -2.21. The van der Waals surface area contributed by atoms with Crippen LogP contribution in [0.25, 0.3) is 10.9 Å². The Hall–Kier alpha value is -1.90. The summed E-state index contributed by atoms with van der Waals surface area (Å²) in [5.74, 6) is 0.0409. The summed E-state index contributed by atoms with van der Waals surface area (Å²) in [7, 11) is 0. The summed E-state index contributed by atoms with van der Waals surface area (Å²) in [5.41, 5.74) is 1.62. The minimum absolute atomic E-state index is 0.0409. The van der Waals surface area contributed by atoms with Crippen molar-refractivity contribution in [3.05, 3.63) is 42.1 Å². The molecule has 2 aromatic rings. The first kappa shape index (κ1) is 14.1. The second kappa shape index (κ2) is 6.70. The number of fused-ring (bicyclic) bond motifs is 1. The molecule has 3 heteroatoms. The summed E-state index contributed by atoms with van der Waals surface area (Å²) in [4.78, 5) is 16.9. The zero-order valence-corrected chi connectivity index (χ0v) is 12.3. The lowest BCUT2D eigenvalue weighted by Crippen LogP contribution is -2.35. The first-order valence-electron chi connectivity index (χ1n) is 7.99. The van der Waals surface area contributed by atoms with Crippen molar-refractivity contribution in [2.24, 2.45) is 0 Å². The smallest absolute Gasteiger partial charge is 0.252 e. The lowest BCUT2D eigenvalue weighted by atomic mass is 9.96. The highest BCUT2D eigenvalue weighted by Gasteiger charge is 2.16. The van der Waals surface area contributed by atoms with Crippen molar-refractivity contribution in [2.45, 2.75) is 51.0 Å². The van der Waals surface area contributed by atoms with Crippen molar-refractivity contribution >= 4 is 16.8 Å². The number of carbonyl (C=O) groups excluding carboxylic acids is 1. The van der Waals surface area contributed by atoms with Gasteiger partial charge in [-0.3, -0.25) is 9.78 Å². The highest BCUT2D eigenvalue weighted by atomic mass is 16.1. The molecule has 3 rings (SSSR count). The quantitative estimate of drug-likeness (QED) is 0.902. The first-order valence-corrected chi connectivity index (χ1v) is 7.99. The van der Waals surface area contributed by atoms with Gasteiger partial charge in [0.05, 0.1) is 11.1 Å². The van der Waals surface area contributed by atoms with E-state index in [0.717, 1.165) is 29.3 Å². The normalized spacial score (nSPS) is 17.1. The van der Waals surface area contributed by atoms with Crippen LogP contribution in [-0.2, 0) is 0 Å². The Bertz CT molecular complexity index is 610. The van der Waals surface area contributed by atoms with Crippen LogP contribution < -0.4 is 5.32 Å². The topological polar surface area (TPSA) is 42.0 Å². The van der Waals surface area contributed by atoms with Gasteiger partial charge in [0.25, 0.3) is 5.91 Å². The standard InChI is InChI=1S/C18H22N2O/c21-18(20-14-8-4-2-1-3-5-9-14)16-12-13-19-17-11-7-6-10-15(16)17/h6-7,10-14H,1-5,8-9H2,(H,20,21). The van der Waals surface area contributed by atoms with E-state index in [4.69, 9.17) is 0 Å². The number of benzene rings is 1. The number of nitrogens with zero attached hydrogens (tertiary/aromatic N) is 1. The van der Waals surface area contributed by atoms with Crippen molar-refractivity contribution < 1.29 is 4.79 Å². The highest BCUT2D eigenvalue weighted by molar-refractivity contribution is 6.06. The molecule has 0 aliphatic heterocycles. The molecule has 0 radical (unpaired) electrons. The molecule has 0 unspecified atom stereocenters. The fourth-order valence-corrected chi connectivity index (χ4v) is 3.16. The van der Waals surface area contributed by atoms with E-state index in [2.05, 4.69) is 10.3 Å². The van der Waals surface area contributed by atoms with Crippen LogP contribution in [0.3, 0.4) is 0 Å². The van der Waals surface area contributed by atoms with Gasteiger partial charge in [-0.1, -0.05) is 50.3 Å². The van der Waals surface area contributed by atoms with Crippen LogP contribution in [0.1, 0.15) is 55.3 Å². The molecule has 1 fully saturated rings. The Morgan fingerprint density at radius 2 is 1.71 bits per heavy atom. The van der Waals surface area contributed by atoms with E-state index in [1.54, 1.807) is 6.20 Å². The summed E-state index contributed by atoms with van der Waals surface area (Å²) in [6.45, 7) is 0. The van der Waals surface area contributed by atoms with Crippen LogP contribution in [0.2, 0.25) is 0 Å². The van der Waals surface area contributed by atoms with Crippen LogP contribution in [0.5, 0.6) is 0 Å². The Morgan fingerprint density at radius 3 is 2.52 bits per heavy atom. The second-order valence-electron chi connectivity index (χ2n) is 5.89. The maximum atomic E-state index is 12.6. The number of carbonyl (C=O) groups is 1. The molecule has 1 aliphatic rings. The molecule has 1 saturated carbocycles. The minimum atomic E-state index is 0.0409. The zero-order valence-electron chi connectivity index (χ0n) is 12.3. The van der Waals surface area contributed by atoms with Crippen molar-refractivity contribution in [1.82, 2.24) is 10.3 Å². The molecule has 110 valence electrons. The number of para-hydroxylation sites is 1. The van der Waals surface area contributed by atoms with Gasteiger partial charge in [0.1, 0.15) is 0 Å². The van der Waals surface area contributed by atoms with Crippen LogP contribution in [0, 0.1) is 0 Å². The number of pyridine rings is 1. The van der Waals surface area contributed by atoms with Crippen molar-refractivity contribution in [1.29, 1.82) is 0 Å². The van der Waals surface area contributed by atoms with Gasteiger partial charge in [0.15, 0.2) is 0 Å². The van der Waals surface area contributed by atoms with Gasteiger partial charge < -0.3 is 5.32 Å². The molecule has 1 amide bonds. The van der Waals surface area contributed by atoms with Crippen molar-refractivity contribution in [3.8, 4) is 0 Å². The molecule has 1 aromatic carbocycles. The molecule has 0 saturated heterocycles. The third-order valence-electron chi connectivity index (χ3n) is 4.33. The Balaban J connectivity index is 1.77. The number of aromatic nitrogens is 1. The van der Waals surface area contributed by atoms with E-state index in [0.29, 0.717) is 6.04 Å². The molecule has 0 atom stereocenters. The van der Waals surface area contributed by atoms with Gasteiger partial charge in [0.2, 0.25) is 0 Å². The van der Waals surface area contributed by atoms with Gasteiger partial charge in [-0.15, -0.1) is 0 Å². The Labute approximate surface area is 125 Å². The predicted octanol–water partition coefficient (Wildman–Crippen LogP) is 4.08. The van der Waals surface area contributed by atoms with E-state index in [9.17, 15) is 4.79 Å². The molecule has 1 N–H and O–H groups in total. The van der Waals surface area contributed by atoms with E-state index in [1.807, 2.05) is 30.3 Å². The Morgan fingerprint density at radius 1 is 1.00 bits per heavy atom. The largest absolute Gasteiger partial charge is 0.349 e. The summed E-state index contributed by atoms with van der Waals surface area (Å²) < 4.78 is 0. The van der Waals surface area contributed by atoms with Crippen LogP contribution >= 0.6 is 0 Å². The minimum Gasteiger partial charge on any atom is -0.349 e. The number of hydrogen-bond acceptors (Lipinski definition) is 2. The fraction of sp³-hybridized carbons (Fsp3) is 0.444. The van der Waals surface area contributed by atoms with Crippen LogP contribution in [0.4, 0.5) is 0 Å². The van der Waals surface area contributed by atoms with Crippen LogP contribution in [0.15, 0.2) is 36.5 Å². The van der Waals surface area contributed by atoms with E-state index in [1.165, 1.54) is 32.1 Å². The van der Waals surface area contributed by atoms with Crippen LogP contribution in [-0.4, -0.2) is 16.9 Å². The molecule has 0 spiro atoms. The number of rotatable bonds is 2. The van der Waals surface area contributed by atoms with Gasteiger partial charge in [-0.25, -0.2) is 0 Å². The number of hydrogen-bond donors (Lipinski definition) is 1. The van der Waals surface area contributed by atoms with Gasteiger partial charge in [0, 0.05) is 17.6 Å². The third kappa shape index (κ3) is 3.41. The zero-order chi connectivity index (χ0) is 14.5. The third-order valence-corrected chi connectivity index (χ3v) is 4.33. The molecule has 1 aromatic heterocycles. The van der Waals surface area contributed by atoms with Gasteiger partial charge >= 0.3 is 0 Å². The molecule has 21 heavy (non-hydrogen) atoms. The summed E-state index contributed by atoms with van der Waals surface area (Å²) >= 11 is 0. The molecule has 1 heterocycles. The van der Waals surface area contributed by atoms with Gasteiger partial charge in [-0.2, -0.15) is 0 Å². The van der Waals surface area contributed by atoms with Gasteiger partial charge in [-0.05, 0) is 25.0 Å². The first-order chi connectivity index (χ1) is 10.3. The predicted molar refractivity (Wildman–Crippen MR) is 85.3 cm³/mol. The Kier molecular flexibility index (Phi) is 4.49. The lowest BCUT2D eigenvalue weighted by molar-refractivity contribution is 0.0932. The van der Waals surface area contributed by atoms with Crippen molar-refractivity contribution in [3.63, 3.8) is 0 Å². The average molecular weight is 282 g/mol. The highest BCUT2D eigenvalue weighted by Crippen LogP contribution is 2.19. The van der Waals surface area contributed by atoms with E-state index < -0.39 is 0 Å². The average Bonchev–Trinajstić information content (AvgIpc) is 2.49. The summed E-state index contributed by atoms with van der Waals surface area (Å²) in [6.07, 6.45) is 10.3. The molecular formula is C18H22N2O. The number of nitrogens with one attached hydrogen (secondary N) is 1. The monoisotopic (exact) mass is 282 g/mol. The van der Waals surface area contributed by atoms with E-state index in [-0.39, 0.29) is 5.91 Å². The fourth-order valence-electron chi connectivity index (χ4n) is 3.16. The molecule has 3 nitrogen and oxygen atoms in total. The van der Waals surface area contributed by atoms with Crippen molar-refractivity contribution in [2.75, 3.05) is 0 Å². The molecule has 0 bridgehead atoms. The van der Waals surface area contributed by atoms with E-state index >= 15 is 0 Å². The molecular weight excluding hydrogens is 260 g/mol. The maximum Gasteiger partial charge on any atom is 0.252 e. The summed E-state index contributed by atoms with van der Waals surface area (Å²) in [6, 6.07) is 9.96. The SMILES string of the molecule is O=C(NC1CCCCCCC1)c1ccnc2ccccc12. The summed E-state index contributed by atoms with van der Waals surface area (Å²) in [5, 5.41) is 4.16. The maximum absolute atomic E-state index is 12.6. The molecule has 1 aliphatic carbocycles. The second-order valence-corrected chi connectivity index (χ2v) is 5.89. The number of amides is 1.